The Bertz CT molecular complexity index is 388. The highest BCUT2D eigenvalue weighted by Crippen LogP contribution is 2.21. The zero-order valence-corrected chi connectivity index (χ0v) is 8.15. The molecule has 0 saturated heterocycles. The smallest absolute Gasteiger partial charge is 0.323 e. The standard InChI is InChI=1S/C8H8ClFN2O3/c9-3-1-4(7(10)12-2-3)6(13)5(11)8(14)15/h1-2,5-6,13H,11H2,(H,14,15). The van der Waals surface area contributed by atoms with Gasteiger partial charge in [0.2, 0.25) is 5.95 Å². The number of hydrogen-bond acceptors (Lipinski definition) is 4. The molecule has 0 aliphatic carbocycles. The van der Waals surface area contributed by atoms with Crippen molar-refractivity contribution in [2.75, 3.05) is 0 Å². The molecule has 2 atom stereocenters. The first kappa shape index (κ1) is 11.8. The first-order chi connectivity index (χ1) is 6.93. The van der Waals surface area contributed by atoms with Gasteiger partial charge < -0.3 is 15.9 Å². The lowest BCUT2D eigenvalue weighted by Crippen LogP contribution is -2.37. The summed E-state index contributed by atoms with van der Waals surface area (Å²) in [5, 5.41) is 18.0. The Morgan fingerprint density at radius 2 is 2.27 bits per heavy atom. The van der Waals surface area contributed by atoms with E-state index in [1.807, 2.05) is 0 Å². The second kappa shape index (κ2) is 4.52. The summed E-state index contributed by atoms with van der Waals surface area (Å²) < 4.78 is 13.1. The van der Waals surface area contributed by atoms with Gasteiger partial charge in [-0.1, -0.05) is 11.6 Å². The molecule has 0 saturated carbocycles. The van der Waals surface area contributed by atoms with E-state index >= 15 is 0 Å². The van der Waals surface area contributed by atoms with Gasteiger partial charge in [-0.15, -0.1) is 0 Å². The number of nitrogens with two attached hydrogens (primary N) is 1. The largest absolute Gasteiger partial charge is 0.480 e. The van der Waals surface area contributed by atoms with Gasteiger partial charge in [-0.3, -0.25) is 4.79 Å². The Labute approximate surface area is 89.3 Å². The molecule has 1 rings (SSSR count). The van der Waals surface area contributed by atoms with E-state index in [1.165, 1.54) is 0 Å². The highest BCUT2D eigenvalue weighted by molar-refractivity contribution is 6.30. The van der Waals surface area contributed by atoms with Crippen LogP contribution < -0.4 is 5.73 Å². The fourth-order valence-corrected chi connectivity index (χ4v) is 1.14. The molecule has 2 unspecified atom stereocenters. The van der Waals surface area contributed by atoms with Gasteiger partial charge in [0.15, 0.2) is 0 Å². The van der Waals surface area contributed by atoms with Crippen LogP contribution in [0.2, 0.25) is 5.02 Å². The molecule has 0 fully saturated rings. The molecular formula is C8H8ClFN2O3. The summed E-state index contributed by atoms with van der Waals surface area (Å²) >= 11 is 5.52. The van der Waals surface area contributed by atoms with Crippen LogP contribution in [0.5, 0.6) is 0 Å². The van der Waals surface area contributed by atoms with Crippen molar-refractivity contribution in [3.8, 4) is 0 Å². The first-order valence-electron chi connectivity index (χ1n) is 3.91. The van der Waals surface area contributed by atoms with E-state index in [0.29, 0.717) is 0 Å². The van der Waals surface area contributed by atoms with E-state index < -0.39 is 24.1 Å². The van der Waals surface area contributed by atoms with Gasteiger partial charge in [0.25, 0.3) is 0 Å². The van der Waals surface area contributed by atoms with Crippen LogP contribution in [0.15, 0.2) is 12.3 Å². The second-order valence-electron chi connectivity index (χ2n) is 2.84. The number of halogens is 2. The van der Waals surface area contributed by atoms with E-state index in [2.05, 4.69) is 4.98 Å². The van der Waals surface area contributed by atoms with E-state index in [0.717, 1.165) is 12.3 Å². The summed E-state index contributed by atoms with van der Waals surface area (Å²) in [6, 6.07) is -0.545. The Morgan fingerprint density at radius 3 is 2.80 bits per heavy atom. The average molecular weight is 235 g/mol. The SMILES string of the molecule is NC(C(=O)O)C(O)c1cc(Cl)cnc1F. The molecule has 1 aromatic rings. The van der Waals surface area contributed by atoms with Crippen LogP contribution in [0.3, 0.4) is 0 Å². The number of aliphatic hydroxyl groups excluding tert-OH is 1. The molecule has 4 N–H and O–H groups in total. The maximum Gasteiger partial charge on any atom is 0.323 e. The van der Waals surface area contributed by atoms with Crippen molar-refractivity contribution < 1.29 is 19.4 Å². The van der Waals surface area contributed by atoms with Gasteiger partial charge >= 0.3 is 5.97 Å². The van der Waals surface area contributed by atoms with Crippen LogP contribution in [0.1, 0.15) is 11.7 Å². The van der Waals surface area contributed by atoms with E-state index in [4.69, 9.17) is 22.4 Å². The number of carbonyl (C=O) groups is 1. The first-order valence-corrected chi connectivity index (χ1v) is 4.28. The topological polar surface area (TPSA) is 96.4 Å². The molecule has 0 bridgehead atoms. The Morgan fingerprint density at radius 1 is 1.67 bits per heavy atom. The van der Waals surface area contributed by atoms with Crippen LogP contribution in [0, 0.1) is 5.95 Å². The van der Waals surface area contributed by atoms with Crippen LogP contribution in [-0.4, -0.2) is 27.2 Å². The zero-order chi connectivity index (χ0) is 11.6. The molecule has 0 amide bonds. The molecule has 0 aliphatic rings. The highest BCUT2D eigenvalue weighted by atomic mass is 35.5. The number of aliphatic carboxylic acids is 1. The third-order valence-corrected chi connectivity index (χ3v) is 1.98. The molecule has 5 nitrogen and oxygen atoms in total. The zero-order valence-electron chi connectivity index (χ0n) is 7.39. The summed E-state index contributed by atoms with van der Waals surface area (Å²) in [7, 11) is 0. The molecule has 0 aliphatic heterocycles. The number of aromatic nitrogens is 1. The summed E-state index contributed by atoms with van der Waals surface area (Å²) in [6.07, 6.45) is -0.645. The quantitative estimate of drug-likeness (QED) is 0.655. The van der Waals surface area contributed by atoms with Crippen LogP contribution in [0.4, 0.5) is 4.39 Å². The maximum absolute atomic E-state index is 13.1. The van der Waals surface area contributed by atoms with Gasteiger partial charge in [0.05, 0.1) is 5.02 Å². The van der Waals surface area contributed by atoms with Crippen molar-refractivity contribution in [2.24, 2.45) is 5.73 Å². The third kappa shape index (κ3) is 2.62. The van der Waals surface area contributed by atoms with Gasteiger partial charge in [0.1, 0.15) is 12.1 Å². The molecule has 0 aromatic carbocycles. The summed E-state index contributed by atoms with van der Waals surface area (Å²) in [5.41, 5.74) is 4.79. The van der Waals surface area contributed by atoms with Crippen molar-refractivity contribution in [3.63, 3.8) is 0 Å². The Hall–Kier alpha value is -1.24. The fourth-order valence-electron chi connectivity index (χ4n) is 0.974. The molecule has 1 heterocycles. The molecule has 82 valence electrons. The number of nitrogens with zero attached hydrogens (tertiary/aromatic N) is 1. The molecular weight excluding hydrogens is 227 g/mol. The van der Waals surface area contributed by atoms with Crippen molar-refractivity contribution in [3.05, 3.63) is 28.8 Å². The minimum absolute atomic E-state index is 0.0861. The van der Waals surface area contributed by atoms with E-state index in [9.17, 15) is 14.3 Å². The molecule has 7 heteroatoms. The molecule has 0 radical (unpaired) electrons. The Kier molecular flexibility index (Phi) is 3.57. The lowest BCUT2D eigenvalue weighted by molar-refractivity contribution is -0.141. The van der Waals surface area contributed by atoms with E-state index in [-0.39, 0.29) is 10.6 Å². The number of pyridine rings is 1. The number of aliphatic hydroxyl groups is 1. The minimum Gasteiger partial charge on any atom is -0.480 e. The Balaban J connectivity index is 3.04. The third-order valence-electron chi connectivity index (χ3n) is 1.78. The number of carboxylic acids is 1. The van der Waals surface area contributed by atoms with Crippen molar-refractivity contribution in [1.29, 1.82) is 0 Å². The van der Waals surface area contributed by atoms with Crippen LogP contribution in [0.25, 0.3) is 0 Å². The lowest BCUT2D eigenvalue weighted by atomic mass is 10.0. The predicted molar refractivity (Wildman–Crippen MR) is 49.8 cm³/mol. The number of hydrogen-bond donors (Lipinski definition) is 3. The normalized spacial score (nSPS) is 14.7. The van der Waals surface area contributed by atoms with Crippen LogP contribution >= 0.6 is 11.6 Å². The van der Waals surface area contributed by atoms with Crippen molar-refractivity contribution >= 4 is 17.6 Å². The maximum atomic E-state index is 13.1. The predicted octanol–water partition coefficient (Wildman–Crippen LogP) is 0.319. The average Bonchev–Trinajstić information content (AvgIpc) is 2.19. The number of rotatable bonds is 3. The molecule has 0 spiro atoms. The number of carboxylic acid groups (broad SMARTS) is 1. The fraction of sp³-hybridized carbons (Fsp3) is 0.250. The van der Waals surface area contributed by atoms with Crippen LogP contribution in [-0.2, 0) is 4.79 Å². The van der Waals surface area contributed by atoms with Gasteiger partial charge in [-0.05, 0) is 6.07 Å². The molecule has 15 heavy (non-hydrogen) atoms. The minimum atomic E-state index is -1.69. The summed E-state index contributed by atoms with van der Waals surface area (Å²) in [5.74, 6) is -2.44. The van der Waals surface area contributed by atoms with E-state index in [1.54, 1.807) is 0 Å². The van der Waals surface area contributed by atoms with Gasteiger partial charge in [-0.25, -0.2) is 4.98 Å². The highest BCUT2D eigenvalue weighted by Gasteiger charge is 2.26. The monoisotopic (exact) mass is 234 g/mol. The van der Waals surface area contributed by atoms with Gasteiger partial charge in [-0.2, -0.15) is 4.39 Å². The van der Waals surface area contributed by atoms with Crippen molar-refractivity contribution in [2.45, 2.75) is 12.1 Å². The molecule has 1 aromatic heterocycles. The van der Waals surface area contributed by atoms with Gasteiger partial charge in [0, 0.05) is 11.8 Å². The lowest BCUT2D eigenvalue weighted by Gasteiger charge is -2.15. The summed E-state index contributed by atoms with van der Waals surface area (Å²) in [4.78, 5) is 13.7. The van der Waals surface area contributed by atoms with Crippen molar-refractivity contribution in [1.82, 2.24) is 4.98 Å². The second-order valence-corrected chi connectivity index (χ2v) is 3.28. The summed E-state index contributed by atoms with van der Waals surface area (Å²) in [6.45, 7) is 0.